The van der Waals surface area contributed by atoms with Crippen LogP contribution in [0.4, 0.5) is 11.4 Å². The normalized spacial score (nSPS) is 10.2. The maximum atomic E-state index is 12.3. The molecule has 3 rings (SSSR count). The van der Waals surface area contributed by atoms with Gasteiger partial charge < -0.3 is 15.2 Å². The van der Waals surface area contributed by atoms with Gasteiger partial charge in [-0.25, -0.2) is 4.98 Å². The molecule has 0 unspecified atom stereocenters. The summed E-state index contributed by atoms with van der Waals surface area (Å²) in [5.74, 6) is -0.374. The highest BCUT2D eigenvalue weighted by Crippen LogP contribution is 2.17. The minimum absolute atomic E-state index is 0.159. The predicted octanol–water partition coefficient (Wildman–Crippen LogP) is 3.08. The second-order valence-electron chi connectivity index (χ2n) is 5.23. The van der Waals surface area contributed by atoms with Crippen LogP contribution in [0.15, 0.2) is 67.3 Å². The van der Waals surface area contributed by atoms with Gasteiger partial charge >= 0.3 is 0 Å². The lowest BCUT2D eigenvalue weighted by atomic mass is 10.2. The lowest BCUT2D eigenvalue weighted by molar-refractivity contribution is -0.114. The third-order valence-electron chi connectivity index (χ3n) is 3.37. The van der Waals surface area contributed by atoms with Gasteiger partial charge in [0.2, 0.25) is 5.91 Å². The molecule has 3 aromatic rings. The van der Waals surface area contributed by atoms with Gasteiger partial charge in [0.25, 0.3) is 5.91 Å². The molecule has 1 aromatic heterocycles. The van der Waals surface area contributed by atoms with Crippen LogP contribution in [0.2, 0.25) is 0 Å². The van der Waals surface area contributed by atoms with Gasteiger partial charge in [-0.2, -0.15) is 0 Å². The number of rotatable bonds is 4. The average molecular weight is 320 g/mol. The molecule has 0 spiro atoms. The minimum atomic E-state index is -0.216. The van der Waals surface area contributed by atoms with Crippen LogP contribution in [0, 0.1) is 0 Å². The van der Waals surface area contributed by atoms with Crippen LogP contribution in [0.1, 0.15) is 17.3 Å². The van der Waals surface area contributed by atoms with Crippen LogP contribution >= 0.6 is 0 Å². The number of hydrogen-bond acceptors (Lipinski definition) is 3. The van der Waals surface area contributed by atoms with Crippen molar-refractivity contribution < 1.29 is 9.59 Å². The highest BCUT2D eigenvalue weighted by molar-refractivity contribution is 6.04. The van der Waals surface area contributed by atoms with Crippen molar-refractivity contribution in [1.82, 2.24) is 9.55 Å². The summed E-state index contributed by atoms with van der Waals surface area (Å²) in [6.07, 6.45) is 5.23. The van der Waals surface area contributed by atoms with Gasteiger partial charge in [-0.1, -0.05) is 6.07 Å². The van der Waals surface area contributed by atoms with Gasteiger partial charge in [0.15, 0.2) is 0 Å². The summed E-state index contributed by atoms with van der Waals surface area (Å²) in [7, 11) is 0. The molecule has 0 fully saturated rings. The van der Waals surface area contributed by atoms with Crippen molar-refractivity contribution in [3.63, 3.8) is 0 Å². The molecule has 0 radical (unpaired) electrons. The van der Waals surface area contributed by atoms with Crippen molar-refractivity contribution in [1.29, 1.82) is 0 Å². The fourth-order valence-electron chi connectivity index (χ4n) is 2.28. The number of imidazole rings is 1. The Bertz CT molecular complexity index is 855. The van der Waals surface area contributed by atoms with E-state index in [0.717, 1.165) is 5.69 Å². The van der Waals surface area contributed by atoms with Gasteiger partial charge in [-0.15, -0.1) is 0 Å². The summed E-state index contributed by atoms with van der Waals surface area (Å²) in [5.41, 5.74) is 2.72. The number of carbonyl (C=O) groups excluding carboxylic acids is 2. The number of nitrogens with zero attached hydrogens (tertiary/aromatic N) is 2. The lowest BCUT2D eigenvalue weighted by Gasteiger charge is -2.08. The molecule has 6 nitrogen and oxygen atoms in total. The van der Waals surface area contributed by atoms with Gasteiger partial charge in [0, 0.05) is 41.9 Å². The summed E-state index contributed by atoms with van der Waals surface area (Å²) in [5, 5.41) is 5.50. The summed E-state index contributed by atoms with van der Waals surface area (Å²) >= 11 is 0. The number of nitrogens with one attached hydrogen (secondary N) is 2. The Morgan fingerprint density at radius 2 is 1.71 bits per heavy atom. The zero-order valence-electron chi connectivity index (χ0n) is 13.1. The first-order valence-corrected chi connectivity index (χ1v) is 7.39. The molecule has 120 valence electrons. The standard InChI is InChI=1S/C18H16N4O2/c1-13(23)20-15-3-2-4-16(11-15)21-18(24)14-5-7-17(8-6-14)22-10-9-19-12-22/h2-12H,1H3,(H,20,23)(H,21,24). The van der Waals surface area contributed by atoms with Crippen molar-refractivity contribution >= 4 is 23.2 Å². The van der Waals surface area contributed by atoms with E-state index in [4.69, 9.17) is 0 Å². The molecule has 2 aromatic carbocycles. The minimum Gasteiger partial charge on any atom is -0.326 e. The Morgan fingerprint density at radius 1 is 1.00 bits per heavy atom. The van der Waals surface area contributed by atoms with E-state index in [-0.39, 0.29) is 11.8 Å². The third kappa shape index (κ3) is 3.67. The molecule has 24 heavy (non-hydrogen) atoms. The predicted molar refractivity (Wildman–Crippen MR) is 92.3 cm³/mol. The number of carbonyl (C=O) groups is 2. The van der Waals surface area contributed by atoms with Crippen molar-refractivity contribution in [3.8, 4) is 5.69 Å². The van der Waals surface area contributed by atoms with E-state index in [1.807, 2.05) is 22.9 Å². The Balaban J connectivity index is 1.72. The van der Waals surface area contributed by atoms with Crippen molar-refractivity contribution in [2.45, 2.75) is 6.92 Å². The van der Waals surface area contributed by atoms with Crippen molar-refractivity contribution in [2.75, 3.05) is 10.6 Å². The van der Waals surface area contributed by atoms with Crippen molar-refractivity contribution in [3.05, 3.63) is 72.8 Å². The van der Waals surface area contributed by atoms with Crippen molar-refractivity contribution in [2.24, 2.45) is 0 Å². The van der Waals surface area contributed by atoms with E-state index >= 15 is 0 Å². The molecule has 2 N–H and O–H groups in total. The van der Waals surface area contributed by atoms with E-state index in [1.54, 1.807) is 48.9 Å². The lowest BCUT2D eigenvalue weighted by Crippen LogP contribution is -2.12. The third-order valence-corrected chi connectivity index (χ3v) is 3.37. The number of hydrogen-bond donors (Lipinski definition) is 2. The molecule has 0 bridgehead atoms. The number of anilines is 2. The highest BCUT2D eigenvalue weighted by Gasteiger charge is 2.07. The van der Waals surface area contributed by atoms with Crippen LogP contribution in [0.25, 0.3) is 5.69 Å². The molecule has 0 saturated heterocycles. The van der Waals surface area contributed by atoms with E-state index in [2.05, 4.69) is 15.6 Å². The van der Waals surface area contributed by atoms with E-state index in [9.17, 15) is 9.59 Å². The molecule has 6 heteroatoms. The average Bonchev–Trinajstić information content (AvgIpc) is 3.09. The van der Waals surface area contributed by atoms with Gasteiger partial charge in [0.1, 0.15) is 0 Å². The topological polar surface area (TPSA) is 76.0 Å². The first kappa shape index (κ1) is 15.5. The quantitative estimate of drug-likeness (QED) is 0.775. The largest absolute Gasteiger partial charge is 0.326 e. The molecule has 1 heterocycles. The molecular weight excluding hydrogens is 304 g/mol. The maximum absolute atomic E-state index is 12.3. The molecular formula is C18H16N4O2. The van der Waals surface area contributed by atoms with E-state index < -0.39 is 0 Å². The number of benzene rings is 2. The molecule has 0 saturated carbocycles. The molecule has 0 aliphatic rings. The number of amides is 2. The smallest absolute Gasteiger partial charge is 0.255 e. The van der Waals surface area contributed by atoms with Gasteiger partial charge in [-0.3, -0.25) is 9.59 Å². The summed E-state index contributed by atoms with van der Waals surface area (Å²) in [6.45, 7) is 1.44. The summed E-state index contributed by atoms with van der Waals surface area (Å²) in [6, 6.07) is 14.2. The Morgan fingerprint density at radius 3 is 2.33 bits per heavy atom. The summed E-state index contributed by atoms with van der Waals surface area (Å²) < 4.78 is 1.86. The highest BCUT2D eigenvalue weighted by atomic mass is 16.2. The second-order valence-corrected chi connectivity index (χ2v) is 5.23. The zero-order valence-corrected chi connectivity index (χ0v) is 13.1. The molecule has 2 amide bonds. The van der Waals surface area contributed by atoms with Crippen LogP contribution in [0.5, 0.6) is 0 Å². The van der Waals surface area contributed by atoms with Gasteiger partial charge in [0.05, 0.1) is 6.33 Å². The monoisotopic (exact) mass is 320 g/mol. The Kier molecular flexibility index (Phi) is 4.38. The van der Waals surface area contributed by atoms with E-state index in [0.29, 0.717) is 16.9 Å². The summed E-state index contributed by atoms with van der Waals surface area (Å²) in [4.78, 5) is 27.4. The zero-order chi connectivity index (χ0) is 16.9. The second kappa shape index (κ2) is 6.78. The molecule has 0 aliphatic heterocycles. The number of aromatic nitrogens is 2. The van der Waals surface area contributed by atoms with Crippen LogP contribution in [-0.2, 0) is 4.79 Å². The molecule has 0 atom stereocenters. The maximum Gasteiger partial charge on any atom is 0.255 e. The van der Waals surface area contributed by atoms with Crippen LogP contribution in [-0.4, -0.2) is 21.4 Å². The van der Waals surface area contributed by atoms with Crippen LogP contribution in [0.3, 0.4) is 0 Å². The molecule has 0 aliphatic carbocycles. The fourth-order valence-corrected chi connectivity index (χ4v) is 2.28. The van der Waals surface area contributed by atoms with E-state index in [1.165, 1.54) is 6.92 Å². The van der Waals surface area contributed by atoms with Gasteiger partial charge in [-0.05, 0) is 42.5 Å². The fraction of sp³-hybridized carbons (Fsp3) is 0.0556. The van der Waals surface area contributed by atoms with Crippen LogP contribution < -0.4 is 10.6 Å². The SMILES string of the molecule is CC(=O)Nc1cccc(NC(=O)c2ccc(-n3ccnc3)cc2)c1. The Hall–Kier alpha value is -3.41. The first-order chi connectivity index (χ1) is 11.6. The Labute approximate surface area is 139 Å². The first-order valence-electron chi connectivity index (χ1n) is 7.39.